The zero-order valence-corrected chi connectivity index (χ0v) is 15.1. The lowest BCUT2D eigenvalue weighted by Gasteiger charge is -2.27. The van der Waals surface area contributed by atoms with Gasteiger partial charge in [-0.3, -0.25) is 5.32 Å². The normalized spacial score (nSPS) is 21.2. The van der Waals surface area contributed by atoms with E-state index in [1.807, 2.05) is 11.3 Å². The summed E-state index contributed by atoms with van der Waals surface area (Å²) in [5.74, 6) is 1.57. The molecule has 0 saturated heterocycles. The third kappa shape index (κ3) is 2.02. The van der Waals surface area contributed by atoms with E-state index in [0.29, 0.717) is 12.0 Å². The molecule has 0 saturated carbocycles. The fourth-order valence-electron chi connectivity index (χ4n) is 4.52. The Morgan fingerprint density at radius 1 is 1.00 bits per heavy atom. The van der Waals surface area contributed by atoms with Crippen LogP contribution in [-0.4, -0.2) is 6.61 Å². The number of nitrogens with zero attached hydrogens (tertiary/aromatic N) is 1. The SMILES string of the molecule is c1ccc2c3c(ccc2c1)OCC[C@@H]1C[n+]2c(sc4ccccc42)N[C@H]31. The molecule has 0 unspecified atom stereocenters. The average Bonchev–Trinajstić information content (AvgIpc) is 2.93. The fraction of sp³-hybridized carbons (Fsp3) is 0.227. The molecule has 4 aromatic rings. The molecule has 2 aliphatic rings. The van der Waals surface area contributed by atoms with E-state index < -0.39 is 0 Å². The van der Waals surface area contributed by atoms with Crippen LogP contribution < -0.4 is 14.6 Å². The summed E-state index contributed by atoms with van der Waals surface area (Å²) in [6.07, 6.45) is 1.07. The van der Waals surface area contributed by atoms with Crippen LogP contribution in [0.5, 0.6) is 5.75 Å². The van der Waals surface area contributed by atoms with Crippen LogP contribution in [0.1, 0.15) is 18.0 Å². The Labute approximate surface area is 155 Å². The van der Waals surface area contributed by atoms with E-state index in [2.05, 4.69) is 70.5 Å². The monoisotopic (exact) mass is 359 g/mol. The molecule has 26 heavy (non-hydrogen) atoms. The van der Waals surface area contributed by atoms with Crippen molar-refractivity contribution in [3.63, 3.8) is 0 Å². The number of anilines is 1. The number of fused-ring (bicyclic) bond motifs is 8. The largest absolute Gasteiger partial charge is 0.493 e. The summed E-state index contributed by atoms with van der Waals surface area (Å²) in [5, 5.41) is 7.73. The average molecular weight is 359 g/mol. The van der Waals surface area contributed by atoms with E-state index >= 15 is 0 Å². The Bertz CT molecular complexity index is 1150. The van der Waals surface area contributed by atoms with Crippen molar-refractivity contribution in [3.8, 4) is 5.75 Å². The number of aromatic nitrogens is 1. The van der Waals surface area contributed by atoms with E-state index in [1.54, 1.807) is 0 Å². The van der Waals surface area contributed by atoms with Crippen LogP contribution >= 0.6 is 11.3 Å². The summed E-state index contributed by atoms with van der Waals surface area (Å²) in [7, 11) is 0. The van der Waals surface area contributed by atoms with E-state index in [4.69, 9.17) is 4.74 Å². The second-order valence-electron chi connectivity index (χ2n) is 7.20. The number of nitrogens with one attached hydrogen (secondary N) is 1. The van der Waals surface area contributed by atoms with Gasteiger partial charge in [0.15, 0.2) is 0 Å². The van der Waals surface area contributed by atoms with Crippen LogP contribution in [0.2, 0.25) is 0 Å². The predicted octanol–water partition coefficient (Wildman–Crippen LogP) is 4.91. The number of benzene rings is 3. The van der Waals surface area contributed by atoms with Gasteiger partial charge in [-0.05, 0) is 46.7 Å². The highest BCUT2D eigenvalue weighted by molar-refractivity contribution is 7.21. The van der Waals surface area contributed by atoms with Crippen molar-refractivity contribution >= 4 is 37.5 Å². The highest BCUT2D eigenvalue weighted by atomic mass is 32.1. The second kappa shape index (κ2) is 5.45. The van der Waals surface area contributed by atoms with E-state index in [9.17, 15) is 0 Å². The first-order valence-electron chi connectivity index (χ1n) is 9.21. The van der Waals surface area contributed by atoms with Crippen LogP contribution in [0.25, 0.3) is 21.0 Å². The van der Waals surface area contributed by atoms with E-state index in [-0.39, 0.29) is 0 Å². The van der Waals surface area contributed by atoms with Crippen molar-refractivity contribution in [2.45, 2.75) is 19.0 Å². The van der Waals surface area contributed by atoms with Gasteiger partial charge in [0.05, 0.1) is 17.9 Å². The predicted molar refractivity (Wildman–Crippen MR) is 106 cm³/mol. The maximum atomic E-state index is 6.17. The van der Waals surface area contributed by atoms with Gasteiger partial charge < -0.3 is 4.74 Å². The lowest BCUT2D eigenvalue weighted by molar-refractivity contribution is -0.666. The lowest BCUT2D eigenvalue weighted by atomic mass is 9.87. The van der Waals surface area contributed by atoms with Crippen molar-refractivity contribution < 1.29 is 9.30 Å². The molecule has 128 valence electrons. The van der Waals surface area contributed by atoms with Gasteiger partial charge in [0, 0.05) is 11.5 Å². The zero-order chi connectivity index (χ0) is 17.1. The first-order valence-corrected chi connectivity index (χ1v) is 10.0. The minimum Gasteiger partial charge on any atom is -0.493 e. The van der Waals surface area contributed by atoms with Crippen molar-refractivity contribution in [3.05, 3.63) is 66.2 Å². The molecule has 3 heterocycles. The van der Waals surface area contributed by atoms with E-state index in [0.717, 1.165) is 25.3 Å². The van der Waals surface area contributed by atoms with Crippen molar-refractivity contribution in [1.82, 2.24) is 0 Å². The lowest BCUT2D eigenvalue weighted by Crippen LogP contribution is -2.47. The summed E-state index contributed by atoms with van der Waals surface area (Å²) >= 11 is 1.85. The van der Waals surface area contributed by atoms with Gasteiger partial charge in [0.2, 0.25) is 0 Å². The third-order valence-electron chi connectivity index (χ3n) is 5.76. The van der Waals surface area contributed by atoms with Crippen LogP contribution in [0.4, 0.5) is 5.13 Å². The highest BCUT2D eigenvalue weighted by Gasteiger charge is 2.41. The molecule has 2 aliphatic heterocycles. The van der Waals surface area contributed by atoms with Crippen molar-refractivity contribution in [2.75, 3.05) is 11.9 Å². The summed E-state index contributed by atoms with van der Waals surface area (Å²) in [6, 6.07) is 22.0. The van der Waals surface area contributed by atoms with Gasteiger partial charge in [-0.2, -0.15) is 0 Å². The summed E-state index contributed by atoms with van der Waals surface area (Å²) in [4.78, 5) is 0. The maximum Gasteiger partial charge on any atom is 0.335 e. The Hall–Kier alpha value is -2.59. The molecular weight excluding hydrogens is 340 g/mol. The van der Waals surface area contributed by atoms with Crippen molar-refractivity contribution in [2.24, 2.45) is 5.92 Å². The smallest absolute Gasteiger partial charge is 0.335 e. The fourth-order valence-corrected chi connectivity index (χ4v) is 5.63. The molecule has 0 aliphatic carbocycles. The molecule has 4 heteroatoms. The van der Waals surface area contributed by atoms with Gasteiger partial charge in [-0.15, -0.1) is 0 Å². The van der Waals surface area contributed by atoms with Crippen LogP contribution in [0, 0.1) is 5.92 Å². The minimum atomic E-state index is 0.298. The zero-order valence-electron chi connectivity index (χ0n) is 14.3. The Balaban J connectivity index is 1.57. The molecule has 0 fully saturated rings. The molecule has 0 radical (unpaired) electrons. The minimum absolute atomic E-state index is 0.298. The summed E-state index contributed by atoms with van der Waals surface area (Å²) in [6.45, 7) is 1.83. The van der Waals surface area contributed by atoms with Gasteiger partial charge in [-0.25, -0.2) is 4.57 Å². The molecule has 0 spiro atoms. The molecule has 2 atom stereocenters. The Morgan fingerprint density at radius 3 is 2.88 bits per heavy atom. The van der Waals surface area contributed by atoms with Gasteiger partial charge in [-0.1, -0.05) is 42.5 Å². The molecule has 0 amide bonds. The number of hydrogen-bond acceptors (Lipinski definition) is 3. The molecule has 1 aromatic heterocycles. The number of hydrogen-bond donors (Lipinski definition) is 1. The first kappa shape index (κ1) is 14.6. The molecular formula is C22H19N2OS+. The van der Waals surface area contributed by atoms with Gasteiger partial charge >= 0.3 is 5.13 Å². The highest BCUT2D eigenvalue weighted by Crippen LogP contribution is 2.44. The maximum absolute atomic E-state index is 6.17. The van der Waals surface area contributed by atoms with Crippen LogP contribution in [0.3, 0.4) is 0 Å². The van der Waals surface area contributed by atoms with Crippen LogP contribution in [-0.2, 0) is 6.54 Å². The number of para-hydroxylation sites is 1. The quantitative estimate of drug-likeness (QED) is 0.451. The Kier molecular flexibility index (Phi) is 3.05. The molecule has 0 bridgehead atoms. The van der Waals surface area contributed by atoms with Crippen molar-refractivity contribution in [1.29, 1.82) is 0 Å². The first-order chi connectivity index (χ1) is 12.9. The Morgan fingerprint density at radius 2 is 1.88 bits per heavy atom. The number of rotatable bonds is 0. The standard InChI is InChI=1S/C22H18N2OS/c1-2-6-16-14(5-1)9-10-18-20(16)21-15(11-12-25-18)13-24-17-7-3-4-8-19(17)26-22(24)23-21/h1-10,15,21H,11-13H2/p+1/t15-,21+/m1/s1. The molecule has 1 N–H and O–H groups in total. The topological polar surface area (TPSA) is 25.1 Å². The molecule has 6 rings (SSSR count). The van der Waals surface area contributed by atoms with Crippen LogP contribution in [0.15, 0.2) is 60.7 Å². The van der Waals surface area contributed by atoms with Gasteiger partial charge in [0.1, 0.15) is 17.3 Å². The number of thiazole rings is 1. The summed E-state index contributed by atoms with van der Waals surface area (Å²) < 4.78 is 9.97. The third-order valence-corrected chi connectivity index (χ3v) is 6.86. The van der Waals surface area contributed by atoms with E-state index in [1.165, 1.54) is 31.7 Å². The second-order valence-corrected chi connectivity index (χ2v) is 8.23. The summed E-state index contributed by atoms with van der Waals surface area (Å²) in [5.41, 5.74) is 2.66. The number of ether oxygens (including phenoxy) is 1. The molecule has 3 aromatic carbocycles. The van der Waals surface area contributed by atoms with Gasteiger partial charge in [0.25, 0.3) is 0 Å². The molecule has 3 nitrogen and oxygen atoms in total.